The number of carbonyl (C=O) groups is 1. The molecule has 0 spiro atoms. The predicted octanol–water partition coefficient (Wildman–Crippen LogP) is 4.10. The van der Waals surface area contributed by atoms with Crippen LogP contribution < -0.4 is 0 Å². The van der Waals surface area contributed by atoms with Crippen LogP contribution in [0.15, 0.2) is 0 Å². The smallest absolute Gasteiger partial charge is 0.222 e. The zero-order valence-electron chi connectivity index (χ0n) is 12.6. The second-order valence-corrected chi connectivity index (χ2v) is 5.78. The van der Waals surface area contributed by atoms with E-state index in [1.54, 1.807) is 0 Å². The largest absolute Gasteiger partial charge is 0.339 e. The van der Waals surface area contributed by atoms with Gasteiger partial charge in [0.15, 0.2) is 0 Å². The van der Waals surface area contributed by atoms with Crippen LogP contribution in [0.5, 0.6) is 0 Å². The molecule has 0 saturated heterocycles. The third-order valence-corrected chi connectivity index (χ3v) is 3.13. The first kappa shape index (κ1) is 16.5. The molecule has 0 aromatic heterocycles. The Bertz CT molecular complexity index is 211. The van der Waals surface area contributed by atoms with Gasteiger partial charge in [-0.25, -0.2) is 0 Å². The molecule has 0 heterocycles. The van der Waals surface area contributed by atoms with Gasteiger partial charge in [0, 0.05) is 19.0 Å². The minimum Gasteiger partial charge on any atom is -0.339 e. The summed E-state index contributed by atoms with van der Waals surface area (Å²) in [5.74, 6) is 1.54. The van der Waals surface area contributed by atoms with Crippen molar-refractivity contribution in [3.8, 4) is 0 Å². The maximum Gasteiger partial charge on any atom is 0.222 e. The van der Waals surface area contributed by atoms with E-state index in [0.29, 0.717) is 30.2 Å². The molecular formula is C15H31NO. The zero-order chi connectivity index (χ0) is 13.4. The van der Waals surface area contributed by atoms with Gasteiger partial charge < -0.3 is 4.90 Å². The van der Waals surface area contributed by atoms with Crippen molar-refractivity contribution in [1.82, 2.24) is 4.90 Å². The Morgan fingerprint density at radius 1 is 1.06 bits per heavy atom. The molecule has 17 heavy (non-hydrogen) atoms. The Morgan fingerprint density at radius 2 is 1.65 bits per heavy atom. The van der Waals surface area contributed by atoms with Crippen molar-refractivity contribution in [2.45, 2.75) is 73.3 Å². The van der Waals surface area contributed by atoms with Crippen molar-refractivity contribution in [2.75, 3.05) is 6.54 Å². The van der Waals surface area contributed by atoms with Gasteiger partial charge in [-0.05, 0) is 31.1 Å². The fourth-order valence-corrected chi connectivity index (χ4v) is 2.32. The first-order valence-corrected chi connectivity index (χ1v) is 7.23. The molecule has 0 radical (unpaired) electrons. The first-order valence-electron chi connectivity index (χ1n) is 7.23. The molecule has 1 unspecified atom stereocenters. The van der Waals surface area contributed by atoms with Crippen LogP contribution in [-0.2, 0) is 4.79 Å². The standard InChI is InChI=1S/C15H31NO/c1-7-9-15(17)16(10-8-2)14(13(5)6)11-12(3)4/h12-14H,7-11H2,1-6H3. The molecule has 0 aliphatic rings. The third-order valence-electron chi connectivity index (χ3n) is 3.13. The maximum absolute atomic E-state index is 12.2. The van der Waals surface area contributed by atoms with Crippen LogP contribution in [0.1, 0.15) is 67.2 Å². The van der Waals surface area contributed by atoms with E-state index in [1.165, 1.54) is 0 Å². The van der Waals surface area contributed by atoms with Crippen molar-refractivity contribution in [3.63, 3.8) is 0 Å². The van der Waals surface area contributed by atoms with E-state index in [4.69, 9.17) is 0 Å². The van der Waals surface area contributed by atoms with Gasteiger partial charge in [0.25, 0.3) is 0 Å². The molecule has 102 valence electrons. The highest BCUT2D eigenvalue weighted by Gasteiger charge is 2.25. The van der Waals surface area contributed by atoms with Crippen molar-refractivity contribution < 1.29 is 4.79 Å². The lowest BCUT2D eigenvalue weighted by Gasteiger charge is -2.35. The van der Waals surface area contributed by atoms with E-state index < -0.39 is 0 Å². The van der Waals surface area contributed by atoms with Gasteiger partial charge in [0.2, 0.25) is 5.91 Å². The topological polar surface area (TPSA) is 20.3 Å². The molecule has 0 fully saturated rings. The second kappa shape index (κ2) is 8.54. The molecule has 0 aliphatic heterocycles. The number of rotatable bonds is 8. The molecule has 2 nitrogen and oxygen atoms in total. The summed E-state index contributed by atoms with van der Waals surface area (Å²) < 4.78 is 0. The van der Waals surface area contributed by atoms with Crippen LogP contribution in [0.4, 0.5) is 0 Å². The minimum absolute atomic E-state index is 0.341. The van der Waals surface area contributed by atoms with Crippen LogP contribution in [-0.4, -0.2) is 23.4 Å². The van der Waals surface area contributed by atoms with Crippen LogP contribution in [0.25, 0.3) is 0 Å². The number of hydrogen-bond acceptors (Lipinski definition) is 1. The Balaban J connectivity index is 4.75. The molecule has 2 heteroatoms. The quantitative estimate of drug-likeness (QED) is 0.626. The van der Waals surface area contributed by atoms with Gasteiger partial charge in [0.1, 0.15) is 0 Å². The molecule has 0 rings (SSSR count). The lowest BCUT2D eigenvalue weighted by Crippen LogP contribution is -2.44. The van der Waals surface area contributed by atoms with Gasteiger partial charge in [-0.15, -0.1) is 0 Å². The Hall–Kier alpha value is -0.530. The highest BCUT2D eigenvalue weighted by atomic mass is 16.2. The number of amides is 1. The molecule has 0 aliphatic carbocycles. The molecular weight excluding hydrogens is 210 g/mol. The number of carbonyl (C=O) groups excluding carboxylic acids is 1. The molecule has 0 N–H and O–H groups in total. The number of nitrogens with zero attached hydrogens (tertiary/aromatic N) is 1. The average molecular weight is 241 g/mol. The van der Waals surface area contributed by atoms with E-state index in [2.05, 4.69) is 46.4 Å². The minimum atomic E-state index is 0.341. The van der Waals surface area contributed by atoms with Gasteiger partial charge in [-0.2, -0.15) is 0 Å². The maximum atomic E-state index is 12.2. The van der Waals surface area contributed by atoms with E-state index in [9.17, 15) is 4.79 Å². The van der Waals surface area contributed by atoms with Gasteiger partial charge in [-0.3, -0.25) is 4.79 Å². The first-order chi connectivity index (χ1) is 7.93. The van der Waals surface area contributed by atoms with Crippen LogP contribution in [0, 0.1) is 11.8 Å². The van der Waals surface area contributed by atoms with E-state index >= 15 is 0 Å². The summed E-state index contributed by atoms with van der Waals surface area (Å²) in [7, 11) is 0. The predicted molar refractivity (Wildman–Crippen MR) is 75.0 cm³/mol. The zero-order valence-corrected chi connectivity index (χ0v) is 12.6. The van der Waals surface area contributed by atoms with E-state index in [0.717, 1.165) is 25.8 Å². The molecule has 1 amide bonds. The summed E-state index contributed by atoms with van der Waals surface area (Å²) in [5.41, 5.74) is 0. The molecule has 0 bridgehead atoms. The SMILES string of the molecule is CCCC(=O)N(CCC)C(CC(C)C)C(C)C. The summed E-state index contributed by atoms with van der Waals surface area (Å²) >= 11 is 0. The summed E-state index contributed by atoms with van der Waals surface area (Å²) in [6.07, 6.45) is 3.82. The van der Waals surface area contributed by atoms with Crippen LogP contribution in [0.3, 0.4) is 0 Å². The molecule has 0 saturated carbocycles. The fraction of sp³-hybridized carbons (Fsp3) is 0.933. The molecule has 0 aromatic rings. The highest BCUT2D eigenvalue weighted by Crippen LogP contribution is 2.20. The molecule has 0 aromatic carbocycles. The Kier molecular flexibility index (Phi) is 8.28. The summed E-state index contributed by atoms with van der Waals surface area (Å²) in [6, 6.07) is 0.411. The molecule has 1 atom stereocenters. The van der Waals surface area contributed by atoms with Crippen molar-refractivity contribution in [3.05, 3.63) is 0 Å². The lowest BCUT2D eigenvalue weighted by molar-refractivity contribution is -0.135. The van der Waals surface area contributed by atoms with Crippen molar-refractivity contribution in [1.29, 1.82) is 0 Å². The highest BCUT2D eigenvalue weighted by molar-refractivity contribution is 5.76. The average Bonchev–Trinajstić information content (AvgIpc) is 2.22. The summed E-state index contributed by atoms with van der Waals surface area (Å²) in [4.78, 5) is 14.3. The van der Waals surface area contributed by atoms with Crippen LogP contribution in [0.2, 0.25) is 0 Å². The Morgan fingerprint density at radius 3 is 2.00 bits per heavy atom. The van der Waals surface area contributed by atoms with E-state index in [-0.39, 0.29) is 0 Å². The monoisotopic (exact) mass is 241 g/mol. The fourth-order valence-electron chi connectivity index (χ4n) is 2.32. The second-order valence-electron chi connectivity index (χ2n) is 5.78. The third kappa shape index (κ3) is 6.09. The van der Waals surface area contributed by atoms with Crippen molar-refractivity contribution in [2.24, 2.45) is 11.8 Å². The van der Waals surface area contributed by atoms with Gasteiger partial charge in [0.05, 0.1) is 0 Å². The Labute approximate surface area is 108 Å². The normalized spacial score (nSPS) is 13.2. The summed E-state index contributed by atoms with van der Waals surface area (Å²) in [6.45, 7) is 14.1. The lowest BCUT2D eigenvalue weighted by atomic mass is 9.92. The summed E-state index contributed by atoms with van der Waals surface area (Å²) in [5, 5.41) is 0. The van der Waals surface area contributed by atoms with Crippen LogP contribution >= 0.6 is 0 Å². The van der Waals surface area contributed by atoms with Gasteiger partial charge >= 0.3 is 0 Å². The van der Waals surface area contributed by atoms with Gasteiger partial charge in [-0.1, -0.05) is 41.5 Å². The van der Waals surface area contributed by atoms with Crippen molar-refractivity contribution >= 4 is 5.91 Å². The van der Waals surface area contributed by atoms with E-state index in [1.807, 2.05) is 0 Å². The number of hydrogen-bond donors (Lipinski definition) is 0.